The molecular formula is C18H24N2O2. The van der Waals surface area contributed by atoms with Gasteiger partial charge in [-0.3, -0.25) is 9.59 Å². The van der Waals surface area contributed by atoms with E-state index in [4.69, 9.17) is 0 Å². The minimum Gasteiger partial charge on any atom is -0.352 e. The van der Waals surface area contributed by atoms with Gasteiger partial charge in [-0.2, -0.15) is 0 Å². The number of nitrogens with one attached hydrogen (secondary N) is 1. The van der Waals surface area contributed by atoms with E-state index < -0.39 is 6.04 Å². The summed E-state index contributed by atoms with van der Waals surface area (Å²) in [5.74, 6) is -0.0489. The van der Waals surface area contributed by atoms with Gasteiger partial charge in [0.2, 0.25) is 5.91 Å². The first-order valence-electron chi connectivity index (χ1n) is 8.36. The van der Waals surface area contributed by atoms with E-state index in [-0.39, 0.29) is 17.9 Å². The summed E-state index contributed by atoms with van der Waals surface area (Å²) in [7, 11) is 0. The number of fused-ring (bicyclic) bond motifs is 1. The van der Waals surface area contributed by atoms with E-state index >= 15 is 0 Å². The lowest BCUT2D eigenvalue weighted by molar-refractivity contribution is -0.126. The zero-order valence-electron chi connectivity index (χ0n) is 13.2. The molecule has 0 spiro atoms. The summed E-state index contributed by atoms with van der Waals surface area (Å²) in [5, 5.41) is 3.15. The smallest absolute Gasteiger partial charge is 0.255 e. The Hall–Kier alpha value is -1.84. The van der Waals surface area contributed by atoms with Gasteiger partial charge >= 0.3 is 0 Å². The standard InChI is InChI=1S/C18H24N2O2/c1-13(17(21)19-15-9-4-2-3-5-10-15)20-12-14-8-6-7-11-16(14)18(20)22/h6-8,11,13,15H,2-5,9-10,12H2,1H3,(H,19,21). The SMILES string of the molecule is CC(C(=O)NC1CCCCCC1)N1Cc2ccccc2C1=O. The summed E-state index contributed by atoms with van der Waals surface area (Å²) < 4.78 is 0. The molecular weight excluding hydrogens is 276 g/mol. The molecule has 1 aliphatic carbocycles. The minimum absolute atomic E-state index is 0.0203. The highest BCUT2D eigenvalue weighted by Crippen LogP contribution is 2.24. The molecule has 1 heterocycles. The second-order valence-electron chi connectivity index (χ2n) is 6.46. The van der Waals surface area contributed by atoms with Gasteiger partial charge in [0.1, 0.15) is 6.04 Å². The Morgan fingerprint density at radius 1 is 1.18 bits per heavy atom. The van der Waals surface area contributed by atoms with Crippen molar-refractivity contribution in [1.29, 1.82) is 0 Å². The van der Waals surface area contributed by atoms with Gasteiger partial charge in [-0.05, 0) is 31.4 Å². The fourth-order valence-electron chi connectivity index (χ4n) is 3.48. The lowest BCUT2D eigenvalue weighted by atomic mass is 10.1. The summed E-state index contributed by atoms with van der Waals surface area (Å²) in [6.45, 7) is 2.37. The van der Waals surface area contributed by atoms with Gasteiger partial charge in [0.05, 0.1) is 0 Å². The molecule has 2 aliphatic rings. The fourth-order valence-corrected chi connectivity index (χ4v) is 3.48. The molecule has 118 valence electrons. The first-order chi connectivity index (χ1) is 10.7. The van der Waals surface area contributed by atoms with Crippen LogP contribution in [0.2, 0.25) is 0 Å². The number of carbonyl (C=O) groups is 2. The maximum atomic E-state index is 12.5. The van der Waals surface area contributed by atoms with Crippen LogP contribution < -0.4 is 5.32 Å². The van der Waals surface area contributed by atoms with E-state index in [1.54, 1.807) is 4.90 Å². The molecule has 0 aromatic heterocycles. The maximum absolute atomic E-state index is 12.5. The van der Waals surface area contributed by atoms with Crippen molar-refractivity contribution in [3.63, 3.8) is 0 Å². The first kappa shape index (κ1) is 15.1. The zero-order chi connectivity index (χ0) is 15.5. The van der Waals surface area contributed by atoms with Gasteiger partial charge in [-0.15, -0.1) is 0 Å². The summed E-state index contributed by atoms with van der Waals surface area (Å²) in [4.78, 5) is 26.6. The van der Waals surface area contributed by atoms with Crippen LogP contribution in [-0.4, -0.2) is 28.8 Å². The Kier molecular flexibility index (Phi) is 4.46. The van der Waals surface area contributed by atoms with Crippen molar-refractivity contribution in [2.45, 2.75) is 64.1 Å². The van der Waals surface area contributed by atoms with Crippen molar-refractivity contribution in [3.05, 3.63) is 35.4 Å². The van der Waals surface area contributed by atoms with Crippen molar-refractivity contribution >= 4 is 11.8 Å². The quantitative estimate of drug-likeness (QED) is 0.873. The third kappa shape index (κ3) is 3.01. The molecule has 0 radical (unpaired) electrons. The maximum Gasteiger partial charge on any atom is 0.255 e. The zero-order valence-corrected chi connectivity index (χ0v) is 13.2. The summed E-state index contributed by atoms with van der Waals surface area (Å²) >= 11 is 0. The van der Waals surface area contributed by atoms with E-state index in [9.17, 15) is 9.59 Å². The molecule has 1 unspecified atom stereocenters. The molecule has 1 atom stereocenters. The van der Waals surface area contributed by atoms with E-state index in [1.807, 2.05) is 31.2 Å². The lowest BCUT2D eigenvalue weighted by Gasteiger charge is -2.26. The first-order valence-corrected chi connectivity index (χ1v) is 8.36. The van der Waals surface area contributed by atoms with E-state index in [1.165, 1.54) is 25.7 Å². The van der Waals surface area contributed by atoms with Gasteiger partial charge in [0, 0.05) is 18.2 Å². The van der Waals surface area contributed by atoms with E-state index in [0.717, 1.165) is 24.0 Å². The van der Waals surface area contributed by atoms with Crippen LogP contribution in [0.1, 0.15) is 61.4 Å². The van der Waals surface area contributed by atoms with Crippen LogP contribution in [0.3, 0.4) is 0 Å². The predicted octanol–water partition coefficient (Wildman–Crippen LogP) is 2.87. The molecule has 1 aromatic rings. The Labute approximate surface area is 131 Å². The highest BCUT2D eigenvalue weighted by atomic mass is 16.2. The lowest BCUT2D eigenvalue weighted by Crippen LogP contribution is -2.48. The number of benzene rings is 1. The highest BCUT2D eigenvalue weighted by Gasteiger charge is 2.34. The van der Waals surface area contributed by atoms with Crippen LogP contribution in [0.15, 0.2) is 24.3 Å². The molecule has 0 saturated heterocycles. The highest BCUT2D eigenvalue weighted by molar-refractivity contribution is 6.01. The molecule has 1 N–H and O–H groups in total. The van der Waals surface area contributed by atoms with Crippen molar-refractivity contribution in [2.24, 2.45) is 0 Å². The Bertz CT molecular complexity index is 562. The third-order valence-corrected chi connectivity index (χ3v) is 4.90. The van der Waals surface area contributed by atoms with Crippen LogP contribution in [0.4, 0.5) is 0 Å². The molecule has 1 saturated carbocycles. The van der Waals surface area contributed by atoms with Crippen LogP contribution in [-0.2, 0) is 11.3 Å². The summed E-state index contributed by atoms with van der Waals surface area (Å²) in [6, 6.07) is 7.47. The fraction of sp³-hybridized carbons (Fsp3) is 0.556. The summed E-state index contributed by atoms with van der Waals surface area (Å²) in [6.07, 6.45) is 7.03. The molecule has 4 heteroatoms. The number of rotatable bonds is 3. The van der Waals surface area contributed by atoms with Crippen molar-refractivity contribution in [2.75, 3.05) is 0 Å². The van der Waals surface area contributed by atoms with Crippen LogP contribution in [0.25, 0.3) is 0 Å². The van der Waals surface area contributed by atoms with Crippen LogP contribution >= 0.6 is 0 Å². The normalized spacial score (nSPS) is 20.4. The van der Waals surface area contributed by atoms with Gasteiger partial charge in [0.15, 0.2) is 0 Å². The number of hydrogen-bond acceptors (Lipinski definition) is 2. The van der Waals surface area contributed by atoms with E-state index in [2.05, 4.69) is 5.32 Å². The molecule has 2 amide bonds. The third-order valence-electron chi connectivity index (χ3n) is 4.90. The molecule has 1 aliphatic heterocycles. The second-order valence-corrected chi connectivity index (χ2v) is 6.46. The Balaban J connectivity index is 1.63. The topological polar surface area (TPSA) is 49.4 Å². The average molecular weight is 300 g/mol. The monoisotopic (exact) mass is 300 g/mol. The largest absolute Gasteiger partial charge is 0.352 e. The molecule has 4 nitrogen and oxygen atoms in total. The molecule has 3 rings (SSSR count). The second kappa shape index (κ2) is 6.51. The van der Waals surface area contributed by atoms with Gasteiger partial charge in [-0.25, -0.2) is 0 Å². The van der Waals surface area contributed by atoms with E-state index in [0.29, 0.717) is 6.54 Å². The average Bonchev–Trinajstić information content (AvgIpc) is 2.70. The Morgan fingerprint density at radius 3 is 2.55 bits per heavy atom. The Morgan fingerprint density at radius 2 is 1.86 bits per heavy atom. The van der Waals surface area contributed by atoms with Gasteiger partial charge < -0.3 is 10.2 Å². The number of amides is 2. The van der Waals surface area contributed by atoms with Crippen molar-refractivity contribution in [1.82, 2.24) is 10.2 Å². The number of hydrogen-bond donors (Lipinski definition) is 1. The molecule has 0 bridgehead atoms. The molecule has 22 heavy (non-hydrogen) atoms. The van der Waals surface area contributed by atoms with Crippen LogP contribution in [0.5, 0.6) is 0 Å². The van der Waals surface area contributed by atoms with Crippen molar-refractivity contribution < 1.29 is 9.59 Å². The van der Waals surface area contributed by atoms with Crippen LogP contribution in [0, 0.1) is 0 Å². The predicted molar refractivity (Wildman–Crippen MR) is 85.4 cm³/mol. The minimum atomic E-state index is -0.414. The van der Waals surface area contributed by atoms with Gasteiger partial charge in [0.25, 0.3) is 5.91 Å². The number of nitrogens with zero attached hydrogens (tertiary/aromatic N) is 1. The molecule has 1 fully saturated rings. The molecule has 1 aromatic carbocycles. The summed E-state index contributed by atoms with van der Waals surface area (Å²) in [5.41, 5.74) is 1.75. The number of carbonyl (C=O) groups excluding carboxylic acids is 2. The van der Waals surface area contributed by atoms with Gasteiger partial charge in [-0.1, -0.05) is 43.9 Å². The van der Waals surface area contributed by atoms with Crippen molar-refractivity contribution in [3.8, 4) is 0 Å².